The van der Waals surface area contributed by atoms with Crippen molar-refractivity contribution in [2.75, 3.05) is 11.4 Å². The minimum Gasteiger partial charge on any atom is -0.355 e. The van der Waals surface area contributed by atoms with E-state index in [1.165, 1.54) is 18.2 Å². The molecule has 32 heavy (non-hydrogen) atoms. The van der Waals surface area contributed by atoms with Gasteiger partial charge in [0.1, 0.15) is 11.6 Å². The third kappa shape index (κ3) is 2.67. The van der Waals surface area contributed by atoms with Crippen LogP contribution < -0.4 is 4.90 Å². The molecule has 160 valence electrons. The minimum absolute atomic E-state index is 0.0761. The third-order valence-corrected chi connectivity index (χ3v) is 6.38. The van der Waals surface area contributed by atoms with Crippen molar-refractivity contribution in [3.05, 3.63) is 93.9 Å². The molecule has 0 spiro atoms. The number of hydrogen-bond donors (Lipinski definition) is 1. The molecule has 0 saturated heterocycles. The molecule has 2 aliphatic rings. The number of carbonyl (C=O) groups is 1. The van der Waals surface area contributed by atoms with Gasteiger partial charge in [-0.05, 0) is 54.4 Å². The SMILES string of the molecule is O=C1c2cc(F)cc(F)c2N(c2cccc(F)c2)C2c3[nH]c4ccc(Cl)cc4c3CCN12. The highest BCUT2D eigenvalue weighted by Crippen LogP contribution is 2.48. The summed E-state index contributed by atoms with van der Waals surface area (Å²) in [5, 5.41) is 1.50. The van der Waals surface area contributed by atoms with E-state index < -0.39 is 29.5 Å². The summed E-state index contributed by atoms with van der Waals surface area (Å²) in [4.78, 5) is 19.8. The van der Waals surface area contributed by atoms with Gasteiger partial charge >= 0.3 is 0 Å². The number of nitrogens with one attached hydrogen (secondary N) is 1. The molecule has 3 aromatic carbocycles. The molecule has 0 saturated carbocycles. The molecule has 1 aromatic heterocycles. The van der Waals surface area contributed by atoms with Crippen LogP contribution in [-0.4, -0.2) is 22.3 Å². The Morgan fingerprint density at radius 1 is 1.00 bits per heavy atom. The highest BCUT2D eigenvalue weighted by Gasteiger charge is 2.45. The van der Waals surface area contributed by atoms with E-state index in [1.54, 1.807) is 21.9 Å². The lowest BCUT2D eigenvalue weighted by Crippen LogP contribution is -2.51. The van der Waals surface area contributed by atoms with E-state index >= 15 is 4.39 Å². The Morgan fingerprint density at radius 2 is 1.84 bits per heavy atom. The number of halogens is 4. The van der Waals surface area contributed by atoms with Crippen LogP contribution in [0.5, 0.6) is 0 Å². The van der Waals surface area contributed by atoms with Crippen molar-refractivity contribution in [2.24, 2.45) is 0 Å². The number of nitrogens with zero attached hydrogens (tertiary/aromatic N) is 2. The summed E-state index contributed by atoms with van der Waals surface area (Å²) in [7, 11) is 0. The number of H-pyrrole nitrogens is 1. The van der Waals surface area contributed by atoms with Gasteiger partial charge in [-0.25, -0.2) is 13.2 Å². The third-order valence-electron chi connectivity index (χ3n) is 6.15. The van der Waals surface area contributed by atoms with Crippen molar-refractivity contribution in [3.8, 4) is 0 Å². The fourth-order valence-electron chi connectivity index (χ4n) is 4.87. The van der Waals surface area contributed by atoms with Crippen LogP contribution >= 0.6 is 11.6 Å². The standard InChI is InChI=1S/C24H15ClF3N3O/c25-12-4-5-20-17(8-12)16-6-7-30-23(21(16)29-20)31(15-3-1-2-13(26)9-15)22-18(24(30)32)10-14(27)11-19(22)28/h1-5,8-11,23,29H,6-7H2. The van der Waals surface area contributed by atoms with E-state index in [9.17, 15) is 13.6 Å². The molecule has 4 aromatic rings. The molecular formula is C24H15ClF3N3O. The Balaban J connectivity index is 1.67. The number of benzene rings is 3. The highest BCUT2D eigenvalue weighted by atomic mass is 35.5. The quantitative estimate of drug-likeness (QED) is 0.379. The summed E-state index contributed by atoms with van der Waals surface area (Å²) in [6.45, 7) is 0.333. The maximum Gasteiger partial charge on any atom is 0.258 e. The molecule has 1 unspecified atom stereocenters. The predicted molar refractivity (Wildman–Crippen MR) is 116 cm³/mol. The van der Waals surface area contributed by atoms with Crippen molar-refractivity contribution >= 4 is 39.8 Å². The number of fused-ring (bicyclic) bond motifs is 6. The summed E-state index contributed by atoms with van der Waals surface area (Å²) >= 11 is 6.21. The second-order valence-corrected chi connectivity index (χ2v) is 8.40. The molecule has 1 N–H and O–H groups in total. The van der Waals surface area contributed by atoms with Gasteiger partial charge in [-0.3, -0.25) is 4.79 Å². The molecule has 1 atom stereocenters. The van der Waals surface area contributed by atoms with E-state index in [0.717, 1.165) is 28.6 Å². The zero-order chi connectivity index (χ0) is 22.1. The Morgan fingerprint density at radius 3 is 2.66 bits per heavy atom. The maximum absolute atomic E-state index is 15.2. The van der Waals surface area contributed by atoms with Gasteiger partial charge < -0.3 is 14.8 Å². The largest absolute Gasteiger partial charge is 0.355 e. The van der Waals surface area contributed by atoms with Crippen molar-refractivity contribution < 1.29 is 18.0 Å². The molecule has 4 nitrogen and oxygen atoms in total. The first-order valence-electron chi connectivity index (χ1n) is 10.1. The molecule has 0 bridgehead atoms. The zero-order valence-electron chi connectivity index (χ0n) is 16.5. The van der Waals surface area contributed by atoms with E-state index in [-0.39, 0.29) is 11.3 Å². The Hall–Kier alpha value is -3.45. The van der Waals surface area contributed by atoms with Crippen LogP contribution in [0.3, 0.4) is 0 Å². The van der Waals surface area contributed by atoms with Crippen LogP contribution in [0.4, 0.5) is 24.5 Å². The van der Waals surface area contributed by atoms with E-state index in [2.05, 4.69) is 4.98 Å². The number of amides is 1. The van der Waals surface area contributed by atoms with Crippen molar-refractivity contribution in [1.29, 1.82) is 0 Å². The fraction of sp³-hybridized carbons (Fsp3) is 0.125. The maximum atomic E-state index is 15.2. The fourth-order valence-corrected chi connectivity index (χ4v) is 5.04. The van der Waals surface area contributed by atoms with Crippen molar-refractivity contribution in [3.63, 3.8) is 0 Å². The smallest absolute Gasteiger partial charge is 0.258 e. The first-order chi connectivity index (χ1) is 15.4. The van der Waals surface area contributed by atoms with E-state index in [1.807, 2.05) is 12.1 Å². The predicted octanol–water partition coefficient (Wildman–Crippen LogP) is 6.09. The van der Waals surface area contributed by atoms with Crippen LogP contribution in [0.2, 0.25) is 5.02 Å². The van der Waals surface area contributed by atoms with Crippen LogP contribution in [0.25, 0.3) is 10.9 Å². The van der Waals surface area contributed by atoms with Crippen LogP contribution in [-0.2, 0) is 6.42 Å². The molecule has 1 amide bonds. The summed E-state index contributed by atoms with van der Waals surface area (Å²) in [6.07, 6.45) is -0.214. The first kappa shape index (κ1) is 19.3. The van der Waals surface area contributed by atoms with E-state index in [4.69, 9.17) is 11.6 Å². The van der Waals surface area contributed by atoms with Gasteiger partial charge in [0.2, 0.25) is 0 Å². The molecule has 6 rings (SSSR count). The number of aromatic amines is 1. The van der Waals surface area contributed by atoms with Gasteiger partial charge in [0.05, 0.1) is 16.9 Å². The van der Waals surface area contributed by atoms with Gasteiger partial charge in [0.15, 0.2) is 12.0 Å². The molecule has 8 heteroatoms. The average molecular weight is 454 g/mol. The second kappa shape index (κ2) is 6.77. The number of hydrogen-bond acceptors (Lipinski definition) is 2. The molecule has 0 fully saturated rings. The molecule has 0 radical (unpaired) electrons. The summed E-state index contributed by atoms with van der Waals surface area (Å²) in [5.74, 6) is -2.71. The normalized spacial score (nSPS) is 17.4. The number of rotatable bonds is 1. The summed E-state index contributed by atoms with van der Waals surface area (Å²) in [6, 6.07) is 12.9. The van der Waals surface area contributed by atoms with Crippen LogP contribution in [0.15, 0.2) is 54.6 Å². The Labute approximate surface area is 185 Å². The van der Waals surface area contributed by atoms with Gasteiger partial charge in [-0.2, -0.15) is 0 Å². The second-order valence-electron chi connectivity index (χ2n) is 7.96. The average Bonchev–Trinajstić information content (AvgIpc) is 3.12. The van der Waals surface area contributed by atoms with Crippen LogP contribution in [0, 0.1) is 17.5 Å². The van der Waals surface area contributed by atoms with Gasteiger partial charge in [0, 0.05) is 34.2 Å². The van der Waals surface area contributed by atoms with E-state index in [0.29, 0.717) is 29.4 Å². The lowest BCUT2D eigenvalue weighted by molar-refractivity contribution is 0.0639. The lowest BCUT2D eigenvalue weighted by atomic mass is 9.94. The Bertz CT molecular complexity index is 1430. The van der Waals surface area contributed by atoms with Gasteiger partial charge in [-0.1, -0.05) is 17.7 Å². The monoisotopic (exact) mass is 453 g/mol. The molecule has 2 aliphatic heterocycles. The topological polar surface area (TPSA) is 39.3 Å². The number of carbonyl (C=O) groups excluding carboxylic acids is 1. The van der Waals surface area contributed by atoms with Crippen molar-refractivity contribution in [2.45, 2.75) is 12.6 Å². The molecule has 3 heterocycles. The summed E-state index contributed by atoms with van der Waals surface area (Å²) < 4.78 is 43.4. The summed E-state index contributed by atoms with van der Waals surface area (Å²) in [5.41, 5.74) is 2.67. The van der Waals surface area contributed by atoms with Crippen molar-refractivity contribution in [1.82, 2.24) is 9.88 Å². The minimum atomic E-state index is -0.886. The molecule has 0 aliphatic carbocycles. The highest BCUT2D eigenvalue weighted by molar-refractivity contribution is 6.31. The number of anilines is 2. The number of aromatic nitrogens is 1. The zero-order valence-corrected chi connectivity index (χ0v) is 17.3. The Kier molecular flexibility index (Phi) is 4.07. The van der Waals surface area contributed by atoms with Gasteiger partial charge in [-0.15, -0.1) is 0 Å². The first-order valence-corrected chi connectivity index (χ1v) is 10.4. The van der Waals surface area contributed by atoms with Crippen LogP contribution in [0.1, 0.15) is 27.8 Å². The van der Waals surface area contributed by atoms with Gasteiger partial charge in [0.25, 0.3) is 5.91 Å². The lowest BCUT2D eigenvalue weighted by Gasteiger charge is -2.47. The molecular weight excluding hydrogens is 439 g/mol.